The van der Waals surface area contributed by atoms with Gasteiger partial charge in [-0.05, 0) is 44.9 Å². The molecule has 0 saturated heterocycles. The maximum Gasteiger partial charge on any atom is 0.305 e. The molecule has 78 heavy (non-hydrogen) atoms. The van der Waals surface area contributed by atoms with Crippen LogP contribution in [0.1, 0.15) is 399 Å². The molecule has 0 aromatic carbocycles. The van der Waals surface area contributed by atoms with E-state index < -0.39 is 12.1 Å². The number of rotatable bonds is 67. The standard InChI is InChI=1S/C72H139NO5/c1-3-5-7-9-11-13-15-17-19-21-22-23-24-25-27-30-33-36-40-44-48-52-56-60-64-70(75)69(68-74)73-71(76)65-61-57-53-49-45-41-37-34-31-28-26-29-32-35-39-43-47-51-55-59-63-67-78-72(77)66-62-58-54-50-46-42-38-20-18-16-14-12-10-8-6-4-2/h43,47,55,59,69-70,74-75H,3-42,44-46,48-54,56-58,60-68H2,1-2H3,(H,73,76)/b47-43-,59-55-. The molecule has 0 spiro atoms. The number of aliphatic hydroxyl groups is 2. The molecule has 6 heteroatoms. The summed E-state index contributed by atoms with van der Waals surface area (Å²) in [7, 11) is 0. The average molecular weight is 1100 g/mol. The highest BCUT2D eigenvalue weighted by molar-refractivity contribution is 5.76. The zero-order valence-electron chi connectivity index (χ0n) is 52.9. The van der Waals surface area contributed by atoms with E-state index in [-0.39, 0.29) is 18.5 Å². The van der Waals surface area contributed by atoms with Crippen molar-refractivity contribution in [3.63, 3.8) is 0 Å². The summed E-state index contributed by atoms with van der Waals surface area (Å²) in [6.45, 7) is 4.89. The predicted molar refractivity (Wildman–Crippen MR) is 343 cm³/mol. The lowest BCUT2D eigenvalue weighted by Crippen LogP contribution is -2.45. The summed E-state index contributed by atoms with van der Waals surface area (Å²) in [6, 6.07) is -0.547. The molecule has 6 nitrogen and oxygen atoms in total. The summed E-state index contributed by atoms with van der Waals surface area (Å²) in [4.78, 5) is 24.6. The van der Waals surface area contributed by atoms with Crippen LogP contribution in [-0.2, 0) is 14.3 Å². The SMILES string of the molecule is CCCCCCCCCCCCCCCCCCCCCCCCCCC(O)C(CO)NC(=O)CCCCCCCCCCCCCCCC/C=C\C/C=C\CCOC(=O)CCCCCCCCCCCCCCCCCC. The van der Waals surface area contributed by atoms with Gasteiger partial charge in [0.05, 0.1) is 25.4 Å². The van der Waals surface area contributed by atoms with E-state index in [1.807, 2.05) is 0 Å². The van der Waals surface area contributed by atoms with Crippen molar-refractivity contribution in [3.05, 3.63) is 24.3 Å². The normalized spacial score (nSPS) is 12.6. The van der Waals surface area contributed by atoms with Crippen LogP contribution in [0.15, 0.2) is 24.3 Å². The van der Waals surface area contributed by atoms with Crippen LogP contribution < -0.4 is 5.32 Å². The average Bonchev–Trinajstić information content (AvgIpc) is 3.44. The minimum Gasteiger partial charge on any atom is -0.465 e. The smallest absolute Gasteiger partial charge is 0.305 e. The van der Waals surface area contributed by atoms with Crippen molar-refractivity contribution in [3.8, 4) is 0 Å². The lowest BCUT2D eigenvalue weighted by atomic mass is 10.0. The largest absolute Gasteiger partial charge is 0.465 e. The van der Waals surface area contributed by atoms with Gasteiger partial charge in [-0.25, -0.2) is 0 Å². The summed E-state index contributed by atoms with van der Waals surface area (Å²) < 4.78 is 5.43. The van der Waals surface area contributed by atoms with Gasteiger partial charge in [0.25, 0.3) is 0 Å². The number of amides is 1. The van der Waals surface area contributed by atoms with Crippen LogP contribution in [0.5, 0.6) is 0 Å². The summed E-state index contributed by atoms with van der Waals surface area (Å²) in [5.74, 6) is -0.0655. The zero-order valence-corrected chi connectivity index (χ0v) is 52.9. The minimum atomic E-state index is -0.669. The Morgan fingerprint density at radius 3 is 0.974 bits per heavy atom. The van der Waals surface area contributed by atoms with E-state index in [0.717, 1.165) is 51.4 Å². The highest BCUT2D eigenvalue weighted by Crippen LogP contribution is 2.19. The Balaban J connectivity index is 3.43. The van der Waals surface area contributed by atoms with Crippen LogP contribution in [0.2, 0.25) is 0 Å². The second-order valence-corrected chi connectivity index (χ2v) is 24.6. The quantitative estimate of drug-likeness (QED) is 0.0320. The summed E-state index contributed by atoms with van der Waals surface area (Å²) >= 11 is 0. The number of nitrogens with one attached hydrogen (secondary N) is 1. The molecule has 0 radical (unpaired) electrons. The van der Waals surface area contributed by atoms with Crippen molar-refractivity contribution in [2.24, 2.45) is 0 Å². The molecule has 2 unspecified atom stereocenters. The molecule has 0 heterocycles. The third-order valence-corrected chi connectivity index (χ3v) is 16.8. The Labute approximate surface area is 488 Å². The van der Waals surface area contributed by atoms with Gasteiger partial charge >= 0.3 is 5.97 Å². The van der Waals surface area contributed by atoms with Crippen molar-refractivity contribution >= 4 is 11.9 Å². The fraction of sp³-hybridized carbons (Fsp3) is 0.917. The van der Waals surface area contributed by atoms with E-state index >= 15 is 0 Å². The molecular formula is C72H139NO5. The van der Waals surface area contributed by atoms with Gasteiger partial charge in [0.2, 0.25) is 5.91 Å². The van der Waals surface area contributed by atoms with E-state index in [1.54, 1.807) is 0 Å². The van der Waals surface area contributed by atoms with Crippen molar-refractivity contribution in [1.82, 2.24) is 5.32 Å². The van der Waals surface area contributed by atoms with Gasteiger partial charge in [-0.1, -0.05) is 366 Å². The molecule has 2 atom stereocenters. The number of hydrogen-bond donors (Lipinski definition) is 3. The molecule has 0 rings (SSSR count). The first-order valence-electron chi connectivity index (χ1n) is 35.6. The topological polar surface area (TPSA) is 95.9 Å². The number of esters is 1. The lowest BCUT2D eigenvalue weighted by Gasteiger charge is -2.22. The van der Waals surface area contributed by atoms with Crippen LogP contribution >= 0.6 is 0 Å². The van der Waals surface area contributed by atoms with E-state index in [9.17, 15) is 19.8 Å². The van der Waals surface area contributed by atoms with Crippen LogP contribution in [-0.4, -0.2) is 47.4 Å². The van der Waals surface area contributed by atoms with Crippen LogP contribution in [0, 0.1) is 0 Å². The van der Waals surface area contributed by atoms with Gasteiger partial charge in [-0.2, -0.15) is 0 Å². The third-order valence-electron chi connectivity index (χ3n) is 16.8. The summed E-state index contributed by atoms with van der Waals surface area (Å²) in [5.41, 5.74) is 0. The second-order valence-electron chi connectivity index (χ2n) is 24.6. The van der Waals surface area contributed by atoms with Gasteiger partial charge in [0, 0.05) is 12.8 Å². The Hall–Kier alpha value is -1.66. The molecular weight excluding hydrogens is 959 g/mol. The van der Waals surface area contributed by atoms with Gasteiger partial charge in [-0.15, -0.1) is 0 Å². The molecule has 0 aliphatic rings. The van der Waals surface area contributed by atoms with Crippen molar-refractivity contribution < 1.29 is 24.5 Å². The molecule has 0 saturated carbocycles. The molecule has 0 aliphatic heterocycles. The molecule has 462 valence electrons. The third kappa shape index (κ3) is 63.5. The molecule has 0 aromatic heterocycles. The van der Waals surface area contributed by atoms with Gasteiger partial charge in [-0.3, -0.25) is 9.59 Å². The molecule has 0 aliphatic carbocycles. The van der Waals surface area contributed by atoms with Gasteiger partial charge < -0.3 is 20.3 Å². The van der Waals surface area contributed by atoms with Crippen molar-refractivity contribution in [2.75, 3.05) is 13.2 Å². The lowest BCUT2D eigenvalue weighted by molar-refractivity contribution is -0.143. The monoisotopic (exact) mass is 1100 g/mol. The highest BCUT2D eigenvalue weighted by Gasteiger charge is 2.20. The van der Waals surface area contributed by atoms with E-state index in [4.69, 9.17) is 4.74 Å². The second kappa shape index (κ2) is 67.8. The summed E-state index contributed by atoms with van der Waals surface area (Å²) in [6.07, 6.45) is 85.2. The molecule has 1 amide bonds. The predicted octanol–water partition coefficient (Wildman–Crippen LogP) is 22.9. The molecule has 3 N–H and O–H groups in total. The first kappa shape index (κ1) is 76.3. The Morgan fingerprint density at radius 1 is 0.359 bits per heavy atom. The summed E-state index contributed by atoms with van der Waals surface area (Å²) in [5, 5.41) is 23.4. The Kier molecular flexibility index (Phi) is 66.4. The van der Waals surface area contributed by atoms with E-state index in [0.29, 0.717) is 25.9 Å². The van der Waals surface area contributed by atoms with E-state index in [1.165, 1.54) is 315 Å². The Morgan fingerprint density at radius 2 is 0.641 bits per heavy atom. The number of ether oxygens (including phenoxy) is 1. The fourth-order valence-electron chi connectivity index (χ4n) is 11.4. The first-order chi connectivity index (χ1) is 38.5. The van der Waals surface area contributed by atoms with Gasteiger partial charge in [0.1, 0.15) is 0 Å². The molecule has 0 aromatic rings. The van der Waals surface area contributed by atoms with Crippen LogP contribution in [0.25, 0.3) is 0 Å². The number of unbranched alkanes of at least 4 members (excludes halogenated alkanes) is 52. The number of carbonyl (C=O) groups excluding carboxylic acids is 2. The Bertz CT molecular complexity index is 1220. The number of hydrogen-bond acceptors (Lipinski definition) is 5. The van der Waals surface area contributed by atoms with E-state index in [2.05, 4.69) is 43.5 Å². The fourth-order valence-corrected chi connectivity index (χ4v) is 11.4. The number of aliphatic hydroxyl groups excluding tert-OH is 2. The van der Waals surface area contributed by atoms with Crippen molar-refractivity contribution in [2.45, 2.75) is 411 Å². The maximum atomic E-state index is 12.6. The van der Waals surface area contributed by atoms with Crippen LogP contribution in [0.4, 0.5) is 0 Å². The molecule has 0 fully saturated rings. The zero-order chi connectivity index (χ0) is 56.4. The molecule has 0 bridgehead atoms. The number of allylic oxidation sites excluding steroid dienone is 3. The highest BCUT2D eigenvalue weighted by atomic mass is 16.5. The van der Waals surface area contributed by atoms with Crippen molar-refractivity contribution in [1.29, 1.82) is 0 Å². The van der Waals surface area contributed by atoms with Gasteiger partial charge in [0.15, 0.2) is 0 Å². The first-order valence-corrected chi connectivity index (χ1v) is 35.6. The van der Waals surface area contributed by atoms with Crippen LogP contribution in [0.3, 0.4) is 0 Å². The maximum absolute atomic E-state index is 12.6. The minimum absolute atomic E-state index is 0.0306. The number of carbonyl (C=O) groups is 2.